The highest BCUT2D eigenvalue weighted by atomic mass is 16.5. The Morgan fingerprint density at radius 3 is 2.54 bits per heavy atom. The van der Waals surface area contributed by atoms with Crippen LogP contribution in [0.1, 0.15) is 37.9 Å². The standard InChI is InChI=1S/C22H31N3O/c1-3-19(2)26-22-10-6-8-20(16-22)17-24-12-7-13-25(15-14-24)18-21-9-4-5-11-23-21/h4-6,8-11,16,19H,3,7,12-15,17-18H2,1-2H3/t19-/m0/s1. The van der Waals surface area contributed by atoms with Crippen LogP contribution in [0.15, 0.2) is 48.7 Å². The van der Waals surface area contributed by atoms with Crippen LogP contribution in [-0.4, -0.2) is 47.1 Å². The lowest BCUT2D eigenvalue weighted by Crippen LogP contribution is -2.30. The number of hydrogen-bond acceptors (Lipinski definition) is 4. The first-order valence-electron chi connectivity index (χ1n) is 9.83. The zero-order valence-corrected chi connectivity index (χ0v) is 16.1. The van der Waals surface area contributed by atoms with Crippen molar-refractivity contribution in [1.29, 1.82) is 0 Å². The van der Waals surface area contributed by atoms with Crippen molar-refractivity contribution in [1.82, 2.24) is 14.8 Å². The molecule has 4 nitrogen and oxygen atoms in total. The van der Waals surface area contributed by atoms with Crippen LogP contribution in [0, 0.1) is 0 Å². The second-order valence-electron chi connectivity index (χ2n) is 7.21. The molecule has 0 bridgehead atoms. The largest absolute Gasteiger partial charge is 0.491 e. The van der Waals surface area contributed by atoms with Gasteiger partial charge in [0, 0.05) is 32.4 Å². The number of rotatable bonds is 7. The highest BCUT2D eigenvalue weighted by Gasteiger charge is 2.16. The first-order valence-corrected chi connectivity index (χ1v) is 9.83. The van der Waals surface area contributed by atoms with E-state index >= 15 is 0 Å². The Morgan fingerprint density at radius 1 is 1.00 bits per heavy atom. The predicted molar refractivity (Wildman–Crippen MR) is 106 cm³/mol. The molecule has 3 rings (SSSR count). The van der Waals surface area contributed by atoms with E-state index in [0.717, 1.165) is 57.1 Å². The van der Waals surface area contributed by atoms with E-state index in [-0.39, 0.29) is 6.10 Å². The summed E-state index contributed by atoms with van der Waals surface area (Å²) >= 11 is 0. The fraction of sp³-hybridized carbons (Fsp3) is 0.500. The minimum Gasteiger partial charge on any atom is -0.491 e. The average Bonchev–Trinajstić information content (AvgIpc) is 2.88. The molecule has 26 heavy (non-hydrogen) atoms. The van der Waals surface area contributed by atoms with Crippen molar-refractivity contribution in [3.63, 3.8) is 0 Å². The fourth-order valence-corrected chi connectivity index (χ4v) is 3.35. The first kappa shape index (κ1) is 18.9. The predicted octanol–water partition coefficient (Wildman–Crippen LogP) is 3.97. The van der Waals surface area contributed by atoms with Crippen LogP contribution in [0.3, 0.4) is 0 Å². The maximum absolute atomic E-state index is 5.97. The summed E-state index contributed by atoms with van der Waals surface area (Å²) in [6.07, 6.45) is 4.38. The molecule has 1 aromatic carbocycles. The molecule has 1 saturated heterocycles. The van der Waals surface area contributed by atoms with Crippen molar-refractivity contribution < 1.29 is 4.74 Å². The van der Waals surface area contributed by atoms with Crippen molar-refractivity contribution in [2.24, 2.45) is 0 Å². The van der Waals surface area contributed by atoms with Crippen molar-refractivity contribution in [2.75, 3.05) is 26.2 Å². The lowest BCUT2D eigenvalue weighted by atomic mass is 10.2. The third-order valence-corrected chi connectivity index (χ3v) is 5.01. The monoisotopic (exact) mass is 353 g/mol. The molecule has 4 heteroatoms. The molecule has 0 saturated carbocycles. The molecule has 0 spiro atoms. The van der Waals surface area contributed by atoms with Crippen molar-refractivity contribution in [3.8, 4) is 5.75 Å². The molecule has 2 aromatic rings. The second kappa shape index (κ2) is 9.70. The Hall–Kier alpha value is -1.91. The van der Waals surface area contributed by atoms with Gasteiger partial charge >= 0.3 is 0 Å². The molecule has 0 aliphatic carbocycles. The molecule has 0 radical (unpaired) electrons. The Bertz CT molecular complexity index is 661. The number of nitrogens with zero attached hydrogens (tertiary/aromatic N) is 3. The summed E-state index contributed by atoms with van der Waals surface area (Å²) in [5.74, 6) is 0.989. The molecule has 0 N–H and O–H groups in total. The number of hydrogen-bond donors (Lipinski definition) is 0. The number of aromatic nitrogens is 1. The van der Waals surface area contributed by atoms with Crippen LogP contribution in [0.2, 0.25) is 0 Å². The van der Waals surface area contributed by atoms with E-state index in [4.69, 9.17) is 4.74 Å². The van der Waals surface area contributed by atoms with Crippen LogP contribution in [-0.2, 0) is 13.1 Å². The van der Waals surface area contributed by atoms with Crippen LogP contribution >= 0.6 is 0 Å². The van der Waals surface area contributed by atoms with Gasteiger partial charge in [0.25, 0.3) is 0 Å². The summed E-state index contributed by atoms with van der Waals surface area (Å²) in [6.45, 7) is 10.7. The number of ether oxygens (including phenoxy) is 1. The molecule has 1 aromatic heterocycles. The van der Waals surface area contributed by atoms with E-state index in [1.807, 2.05) is 12.3 Å². The Labute approximate surface area is 157 Å². The van der Waals surface area contributed by atoms with Gasteiger partial charge in [-0.2, -0.15) is 0 Å². The van der Waals surface area contributed by atoms with Crippen molar-refractivity contribution >= 4 is 0 Å². The average molecular weight is 354 g/mol. The van der Waals surface area contributed by atoms with Gasteiger partial charge in [-0.05, 0) is 62.7 Å². The summed E-state index contributed by atoms with van der Waals surface area (Å²) in [6, 6.07) is 14.7. The van der Waals surface area contributed by atoms with Gasteiger partial charge in [-0.25, -0.2) is 0 Å². The Balaban J connectivity index is 1.52. The SMILES string of the molecule is CC[C@H](C)Oc1cccc(CN2CCCN(Cc3ccccn3)CC2)c1. The van der Waals surface area contributed by atoms with Crippen LogP contribution in [0.5, 0.6) is 5.75 Å². The number of benzene rings is 1. The highest BCUT2D eigenvalue weighted by Crippen LogP contribution is 2.18. The highest BCUT2D eigenvalue weighted by molar-refractivity contribution is 5.28. The molecule has 1 aliphatic heterocycles. The minimum atomic E-state index is 0.267. The van der Waals surface area contributed by atoms with Gasteiger partial charge < -0.3 is 4.74 Å². The quantitative estimate of drug-likeness (QED) is 0.753. The third-order valence-electron chi connectivity index (χ3n) is 5.01. The van der Waals surface area contributed by atoms with E-state index in [9.17, 15) is 0 Å². The summed E-state index contributed by atoms with van der Waals surface area (Å²) in [5.41, 5.74) is 2.50. The maximum Gasteiger partial charge on any atom is 0.120 e. The van der Waals surface area contributed by atoms with Gasteiger partial charge in [-0.15, -0.1) is 0 Å². The lowest BCUT2D eigenvalue weighted by molar-refractivity contribution is 0.216. The summed E-state index contributed by atoms with van der Waals surface area (Å²) in [4.78, 5) is 9.54. The van der Waals surface area contributed by atoms with Crippen LogP contribution < -0.4 is 4.74 Å². The molecule has 2 heterocycles. The molecule has 1 atom stereocenters. The first-order chi connectivity index (χ1) is 12.7. The normalized spacial score (nSPS) is 17.6. The number of pyridine rings is 1. The molecule has 1 fully saturated rings. The van der Waals surface area contributed by atoms with Gasteiger partial charge in [-0.3, -0.25) is 14.8 Å². The van der Waals surface area contributed by atoms with Gasteiger partial charge in [0.05, 0.1) is 11.8 Å². The van der Waals surface area contributed by atoms with Crippen molar-refractivity contribution in [2.45, 2.75) is 45.9 Å². The van der Waals surface area contributed by atoms with Gasteiger partial charge in [-0.1, -0.05) is 25.1 Å². The zero-order chi connectivity index (χ0) is 18.2. The summed E-state index contributed by atoms with van der Waals surface area (Å²) in [5, 5.41) is 0. The second-order valence-corrected chi connectivity index (χ2v) is 7.21. The van der Waals surface area contributed by atoms with Gasteiger partial charge in [0.2, 0.25) is 0 Å². The molecular weight excluding hydrogens is 322 g/mol. The lowest BCUT2D eigenvalue weighted by Gasteiger charge is -2.22. The zero-order valence-electron chi connectivity index (χ0n) is 16.1. The van der Waals surface area contributed by atoms with Gasteiger partial charge in [0.15, 0.2) is 0 Å². The van der Waals surface area contributed by atoms with Crippen LogP contribution in [0.4, 0.5) is 0 Å². The van der Waals surface area contributed by atoms with E-state index in [0.29, 0.717) is 0 Å². The molecule has 1 aliphatic rings. The smallest absolute Gasteiger partial charge is 0.120 e. The van der Waals surface area contributed by atoms with E-state index in [1.165, 1.54) is 12.0 Å². The maximum atomic E-state index is 5.97. The van der Waals surface area contributed by atoms with E-state index in [2.05, 4.69) is 65.0 Å². The minimum absolute atomic E-state index is 0.267. The Kier molecular flexibility index (Phi) is 7.04. The van der Waals surface area contributed by atoms with E-state index < -0.39 is 0 Å². The third kappa shape index (κ3) is 5.82. The van der Waals surface area contributed by atoms with Crippen molar-refractivity contribution in [3.05, 3.63) is 59.9 Å². The molecule has 140 valence electrons. The molecule has 0 unspecified atom stereocenters. The summed E-state index contributed by atoms with van der Waals surface area (Å²) < 4.78 is 5.97. The van der Waals surface area contributed by atoms with E-state index in [1.54, 1.807) is 0 Å². The molecule has 0 amide bonds. The van der Waals surface area contributed by atoms with Crippen LogP contribution in [0.25, 0.3) is 0 Å². The fourth-order valence-electron chi connectivity index (χ4n) is 3.35. The Morgan fingerprint density at radius 2 is 1.81 bits per heavy atom. The molecular formula is C22H31N3O. The topological polar surface area (TPSA) is 28.6 Å². The summed E-state index contributed by atoms with van der Waals surface area (Å²) in [7, 11) is 0. The van der Waals surface area contributed by atoms with Gasteiger partial charge in [0.1, 0.15) is 5.75 Å².